The summed E-state index contributed by atoms with van der Waals surface area (Å²) < 4.78 is 6.05. The number of ether oxygens (including phenoxy) is 1. The Morgan fingerprint density at radius 1 is 1.42 bits per heavy atom. The van der Waals surface area contributed by atoms with E-state index in [0.717, 1.165) is 12.0 Å². The highest BCUT2D eigenvalue weighted by Crippen LogP contribution is 2.44. The van der Waals surface area contributed by atoms with Crippen molar-refractivity contribution in [1.82, 2.24) is 10.2 Å². The van der Waals surface area contributed by atoms with Crippen LogP contribution in [0.4, 0.5) is 5.69 Å². The summed E-state index contributed by atoms with van der Waals surface area (Å²) in [6.45, 7) is 5.86. The summed E-state index contributed by atoms with van der Waals surface area (Å²) in [4.78, 5) is 36.3. The molecule has 0 aliphatic carbocycles. The van der Waals surface area contributed by atoms with Crippen molar-refractivity contribution in [2.24, 2.45) is 0 Å². The molecule has 0 aromatic heterocycles. The molecule has 1 fully saturated rings. The number of hydrogen-bond acceptors (Lipinski definition) is 5. The summed E-state index contributed by atoms with van der Waals surface area (Å²) in [6, 6.07) is 4.38. The number of likely N-dealkylation sites (tertiary alicyclic amines) is 1. The third-order valence-electron chi connectivity index (χ3n) is 4.66. The molecule has 1 saturated heterocycles. The highest BCUT2D eigenvalue weighted by molar-refractivity contribution is 5.92. The lowest BCUT2D eigenvalue weighted by Gasteiger charge is -2.39. The lowest BCUT2D eigenvalue weighted by molar-refractivity contribution is -0.384. The summed E-state index contributed by atoms with van der Waals surface area (Å²) in [7, 11) is 0. The lowest BCUT2D eigenvalue weighted by Crippen LogP contribution is -2.43. The van der Waals surface area contributed by atoms with Crippen LogP contribution in [0.15, 0.2) is 23.8 Å². The van der Waals surface area contributed by atoms with Crippen molar-refractivity contribution in [3.8, 4) is 5.75 Å². The molecule has 0 bridgehead atoms. The second-order valence-corrected chi connectivity index (χ2v) is 6.94. The van der Waals surface area contributed by atoms with Gasteiger partial charge in [-0.05, 0) is 26.3 Å². The molecule has 3 rings (SSSR count). The number of benzene rings is 1. The van der Waals surface area contributed by atoms with E-state index >= 15 is 0 Å². The quantitative estimate of drug-likeness (QED) is 0.656. The molecule has 8 nitrogen and oxygen atoms in total. The molecule has 2 heterocycles. The molecule has 26 heavy (non-hydrogen) atoms. The van der Waals surface area contributed by atoms with Gasteiger partial charge in [0.25, 0.3) is 5.69 Å². The normalized spacial score (nSPS) is 18.4. The summed E-state index contributed by atoms with van der Waals surface area (Å²) in [5.74, 6) is 0.252. The van der Waals surface area contributed by atoms with Gasteiger partial charge in [0.1, 0.15) is 11.4 Å². The molecule has 0 atom stereocenters. The van der Waals surface area contributed by atoms with Crippen LogP contribution >= 0.6 is 0 Å². The molecule has 0 saturated carbocycles. The molecule has 0 unspecified atom stereocenters. The molecule has 2 amide bonds. The smallest absolute Gasteiger partial charge is 0.270 e. The van der Waals surface area contributed by atoms with Crippen molar-refractivity contribution in [3.05, 3.63) is 39.4 Å². The fourth-order valence-electron chi connectivity index (χ4n) is 3.39. The Bertz CT molecular complexity index is 828. The molecular formula is C18H21N3O5. The molecule has 8 heteroatoms. The number of hydrogen-bond donors (Lipinski definition) is 1. The van der Waals surface area contributed by atoms with Gasteiger partial charge in [0.15, 0.2) is 0 Å². The van der Waals surface area contributed by atoms with Gasteiger partial charge < -0.3 is 15.0 Å². The van der Waals surface area contributed by atoms with Gasteiger partial charge in [-0.2, -0.15) is 0 Å². The number of fused-ring (bicyclic) bond motifs is 1. The van der Waals surface area contributed by atoms with Gasteiger partial charge in [-0.15, -0.1) is 0 Å². The van der Waals surface area contributed by atoms with Crippen LogP contribution < -0.4 is 10.1 Å². The van der Waals surface area contributed by atoms with Crippen molar-refractivity contribution in [1.29, 1.82) is 0 Å². The minimum atomic E-state index is -0.774. The van der Waals surface area contributed by atoms with Crippen LogP contribution in [-0.2, 0) is 9.59 Å². The number of carbonyl (C=O) groups is 2. The van der Waals surface area contributed by atoms with Crippen molar-refractivity contribution in [2.45, 2.75) is 39.2 Å². The molecule has 0 spiro atoms. The third-order valence-corrected chi connectivity index (χ3v) is 4.66. The highest BCUT2D eigenvalue weighted by atomic mass is 16.6. The topological polar surface area (TPSA) is 102 Å². The first kappa shape index (κ1) is 17.9. The van der Waals surface area contributed by atoms with E-state index in [1.807, 2.05) is 13.8 Å². The lowest BCUT2D eigenvalue weighted by atomic mass is 9.88. The maximum absolute atomic E-state index is 12.4. The first-order valence-corrected chi connectivity index (χ1v) is 8.47. The SMILES string of the molecule is CC(=O)NCC1=C(N2CCCC2=O)c2cc([N+](=O)[O-])ccc2OC1(C)C. The van der Waals surface area contributed by atoms with Gasteiger partial charge in [-0.25, -0.2) is 0 Å². The summed E-state index contributed by atoms with van der Waals surface area (Å²) in [5.41, 5.74) is 0.986. The third kappa shape index (κ3) is 3.14. The molecule has 1 aromatic rings. The van der Waals surface area contributed by atoms with Crippen LogP contribution in [0.25, 0.3) is 5.70 Å². The Hall–Kier alpha value is -2.90. The van der Waals surface area contributed by atoms with Crippen LogP contribution in [-0.4, -0.2) is 40.3 Å². The fraction of sp³-hybridized carbons (Fsp3) is 0.444. The Morgan fingerprint density at radius 3 is 2.73 bits per heavy atom. The van der Waals surface area contributed by atoms with Gasteiger partial charge in [0, 0.05) is 49.7 Å². The maximum Gasteiger partial charge on any atom is 0.270 e. The molecule has 1 aromatic carbocycles. The second kappa shape index (κ2) is 6.44. The van der Waals surface area contributed by atoms with Crippen molar-refractivity contribution >= 4 is 23.2 Å². The zero-order chi connectivity index (χ0) is 19.1. The predicted octanol–water partition coefficient (Wildman–Crippen LogP) is 2.24. The van der Waals surface area contributed by atoms with Gasteiger partial charge in [-0.1, -0.05) is 0 Å². The van der Waals surface area contributed by atoms with Gasteiger partial charge in [0.05, 0.1) is 10.6 Å². The van der Waals surface area contributed by atoms with Crippen LogP contribution in [0, 0.1) is 10.1 Å². The molecule has 2 aliphatic heterocycles. The van der Waals surface area contributed by atoms with Gasteiger partial charge in [-0.3, -0.25) is 19.7 Å². The number of nitrogens with zero attached hydrogens (tertiary/aromatic N) is 2. The minimum absolute atomic E-state index is 0.0320. The van der Waals surface area contributed by atoms with E-state index in [1.54, 1.807) is 11.0 Å². The Kier molecular flexibility index (Phi) is 4.43. The fourth-order valence-corrected chi connectivity index (χ4v) is 3.39. The monoisotopic (exact) mass is 359 g/mol. The van der Waals surface area contributed by atoms with E-state index in [9.17, 15) is 19.7 Å². The van der Waals surface area contributed by atoms with Crippen LogP contribution in [0.1, 0.15) is 39.2 Å². The number of rotatable bonds is 4. The summed E-state index contributed by atoms with van der Waals surface area (Å²) in [6.07, 6.45) is 1.16. The van der Waals surface area contributed by atoms with E-state index in [-0.39, 0.29) is 24.0 Å². The van der Waals surface area contributed by atoms with E-state index < -0.39 is 10.5 Å². The Labute approximate surface area is 151 Å². The van der Waals surface area contributed by atoms with E-state index in [4.69, 9.17) is 4.74 Å². The number of non-ortho nitro benzene ring substituents is 1. The molecule has 0 radical (unpaired) electrons. The van der Waals surface area contributed by atoms with Crippen molar-refractivity contribution < 1.29 is 19.2 Å². The number of nitro groups is 1. The number of nitro benzene ring substituents is 1. The van der Waals surface area contributed by atoms with Gasteiger partial charge >= 0.3 is 0 Å². The first-order chi connectivity index (χ1) is 12.2. The zero-order valence-electron chi connectivity index (χ0n) is 15.0. The minimum Gasteiger partial charge on any atom is -0.483 e. The highest BCUT2D eigenvalue weighted by Gasteiger charge is 2.40. The first-order valence-electron chi connectivity index (χ1n) is 8.47. The maximum atomic E-state index is 12.4. The van der Waals surface area contributed by atoms with Crippen molar-refractivity contribution in [3.63, 3.8) is 0 Å². The van der Waals surface area contributed by atoms with Crippen LogP contribution in [0.5, 0.6) is 5.75 Å². The zero-order valence-corrected chi connectivity index (χ0v) is 15.0. The Balaban J connectivity index is 2.22. The van der Waals surface area contributed by atoms with Crippen LogP contribution in [0.2, 0.25) is 0 Å². The number of nitrogens with one attached hydrogen (secondary N) is 1. The second-order valence-electron chi connectivity index (χ2n) is 6.94. The molecule has 1 N–H and O–H groups in total. The van der Waals surface area contributed by atoms with Crippen LogP contribution in [0.3, 0.4) is 0 Å². The number of amides is 2. The predicted molar refractivity (Wildman–Crippen MR) is 94.4 cm³/mol. The largest absolute Gasteiger partial charge is 0.483 e. The van der Waals surface area contributed by atoms with Gasteiger partial charge in [0.2, 0.25) is 11.8 Å². The standard InChI is InChI=1S/C18H21N3O5/c1-11(22)19-10-14-17(20-8-4-5-16(20)23)13-9-12(21(24)25)6-7-15(13)26-18(14,2)3/h6-7,9H,4-5,8,10H2,1-3H3,(H,19,22). The average molecular weight is 359 g/mol. The van der Waals surface area contributed by atoms with E-state index in [0.29, 0.717) is 30.0 Å². The molecular weight excluding hydrogens is 338 g/mol. The molecule has 138 valence electrons. The van der Waals surface area contributed by atoms with Crippen molar-refractivity contribution in [2.75, 3.05) is 13.1 Å². The van der Waals surface area contributed by atoms with E-state index in [2.05, 4.69) is 5.32 Å². The molecule has 2 aliphatic rings. The van der Waals surface area contributed by atoms with E-state index in [1.165, 1.54) is 19.1 Å². The summed E-state index contributed by atoms with van der Waals surface area (Å²) in [5, 5.41) is 14.0. The summed E-state index contributed by atoms with van der Waals surface area (Å²) >= 11 is 0. The average Bonchev–Trinajstić information content (AvgIpc) is 2.96. The number of carbonyl (C=O) groups excluding carboxylic acids is 2. The Morgan fingerprint density at radius 2 is 2.15 bits per heavy atom.